The first kappa shape index (κ1) is 23.2. The lowest BCUT2D eigenvalue weighted by molar-refractivity contribution is -0.137. The molecule has 160 valence electrons. The molecule has 0 aromatic heterocycles. The number of carbonyl (C=O) groups excluding carboxylic acids is 1. The summed E-state index contributed by atoms with van der Waals surface area (Å²) in [6.07, 6.45) is -4.42. The number of aryl methyl sites for hydroxylation is 1. The predicted octanol–water partition coefficient (Wildman–Crippen LogP) is 6.24. The number of alkyl halides is 3. The zero-order chi connectivity index (χ0) is 22.5. The second kappa shape index (κ2) is 9.61. The molecule has 0 saturated carbocycles. The minimum absolute atomic E-state index is 0.287. The van der Waals surface area contributed by atoms with Crippen LogP contribution in [0, 0.1) is 12.8 Å². The Bertz CT molecular complexity index is 946. The van der Waals surface area contributed by atoms with Crippen molar-refractivity contribution in [3.8, 4) is 5.75 Å². The quantitative estimate of drug-likeness (QED) is 0.565. The van der Waals surface area contributed by atoms with E-state index in [4.69, 9.17) is 4.74 Å². The maximum Gasteiger partial charge on any atom is 0.416 e. The van der Waals surface area contributed by atoms with Crippen LogP contribution in [0.1, 0.15) is 43.0 Å². The van der Waals surface area contributed by atoms with Gasteiger partial charge in [0.1, 0.15) is 5.75 Å². The van der Waals surface area contributed by atoms with E-state index < -0.39 is 17.8 Å². The van der Waals surface area contributed by atoms with Gasteiger partial charge in [-0.3, -0.25) is 0 Å². The van der Waals surface area contributed by atoms with Gasteiger partial charge in [0, 0.05) is 11.3 Å². The van der Waals surface area contributed by atoms with Gasteiger partial charge in [-0.15, -0.1) is 0 Å². The van der Waals surface area contributed by atoms with Crippen molar-refractivity contribution in [2.24, 2.45) is 10.9 Å². The van der Waals surface area contributed by atoms with Gasteiger partial charge in [-0.25, -0.2) is 4.79 Å². The molecule has 0 heterocycles. The first-order valence-electron chi connectivity index (χ1n) is 9.44. The minimum Gasteiger partial charge on any atom is -0.493 e. The van der Waals surface area contributed by atoms with Crippen molar-refractivity contribution in [2.75, 3.05) is 6.61 Å². The summed E-state index contributed by atoms with van der Waals surface area (Å²) in [7, 11) is 0. The fourth-order valence-electron chi connectivity index (χ4n) is 2.74. The number of amides is 2. The van der Waals surface area contributed by atoms with E-state index in [-0.39, 0.29) is 5.71 Å². The zero-order valence-electron chi connectivity index (χ0n) is 17.4. The van der Waals surface area contributed by atoms with Gasteiger partial charge < -0.3 is 10.1 Å². The summed E-state index contributed by atoms with van der Waals surface area (Å²) in [5.41, 5.74) is 1.83. The topological polar surface area (TPSA) is 50.7 Å². The molecule has 2 rings (SSSR count). The molecule has 0 aliphatic rings. The third kappa shape index (κ3) is 6.20. The molecular weight excluding hydrogens is 393 g/mol. The fraction of sp³-hybridized carbons (Fsp3) is 0.304. The Morgan fingerprint density at radius 2 is 1.80 bits per heavy atom. The lowest BCUT2D eigenvalue weighted by Crippen LogP contribution is -2.20. The number of halogens is 3. The first-order valence-corrected chi connectivity index (χ1v) is 9.44. The smallest absolute Gasteiger partial charge is 0.416 e. The monoisotopic (exact) mass is 418 g/mol. The molecule has 2 amide bonds. The maximum atomic E-state index is 12.7. The first-order chi connectivity index (χ1) is 14.0. The summed E-state index contributed by atoms with van der Waals surface area (Å²) in [5.74, 6) is 0.939. The number of benzene rings is 2. The minimum atomic E-state index is -4.42. The lowest BCUT2D eigenvalue weighted by Gasteiger charge is -2.17. The lowest BCUT2D eigenvalue weighted by atomic mass is 10.0. The average Bonchev–Trinajstić information content (AvgIpc) is 2.65. The number of urea groups is 1. The highest BCUT2D eigenvalue weighted by atomic mass is 19.4. The number of rotatable bonds is 6. The van der Waals surface area contributed by atoms with E-state index in [0.717, 1.165) is 17.7 Å². The summed E-state index contributed by atoms with van der Waals surface area (Å²) in [6, 6.07) is 9.34. The Morgan fingerprint density at radius 1 is 1.17 bits per heavy atom. The largest absolute Gasteiger partial charge is 0.493 e. The highest BCUT2D eigenvalue weighted by Gasteiger charge is 2.30. The number of nitrogens with one attached hydrogen (secondary N) is 1. The fourth-order valence-corrected chi connectivity index (χ4v) is 2.74. The second-order valence-electron chi connectivity index (χ2n) is 7.33. The van der Waals surface area contributed by atoms with E-state index in [0.29, 0.717) is 35.1 Å². The Labute approximate surface area is 174 Å². The number of nitrogens with zero attached hydrogens (tertiary/aromatic N) is 1. The van der Waals surface area contributed by atoms with Crippen LogP contribution < -0.4 is 10.1 Å². The van der Waals surface area contributed by atoms with Crippen LogP contribution in [-0.2, 0) is 6.18 Å². The Balaban J connectivity index is 2.15. The molecule has 0 radical (unpaired) electrons. The molecule has 30 heavy (non-hydrogen) atoms. The van der Waals surface area contributed by atoms with Crippen LogP contribution >= 0.6 is 0 Å². The van der Waals surface area contributed by atoms with E-state index in [1.54, 1.807) is 13.0 Å². The third-order valence-corrected chi connectivity index (χ3v) is 4.27. The molecule has 4 nitrogen and oxygen atoms in total. The number of hydrogen-bond acceptors (Lipinski definition) is 2. The summed E-state index contributed by atoms with van der Waals surface area (Å²) < 4.78 is 43.9. The van der Waals surface area contributed by atoms with Crippen LogP contribution in [0.2, 0.25) is 0 Å². The highest BCUT2D eigenvalue weighted by Crippen LogP contribution is 2.29. The average molecular weight is 418 g/mol. The van der Waals surface area contributed by atoms with Crippen molar-refractivity contribution < 1.29 is 22.7 Å². The Kier molecular flexibility index (Phi) is 7.43. The standard InChI is InChI=1S/C23H25F3N2O2/c1-14(2)13-30-20-8-6-7-15(3)21(20)17(5)28-22(29)27-16(4)18-9-11-19(12-10-18)23(24,25)26/h6-12,14H,5,13H2,1-4H3,(H,28,29). The molecule has 2 aromatic carbocycles. The molecule has 0 aliphatic heterocycles. The third-order valence-electron chi connectivity index (χ3n) is 4.27. The van der Waals surface area contributed by atoms with Gasteiger partial charge in [0.25, 0.3) is 0 Å². The molecule has 0 fully saturated rings. The predicted molar refractivity (Wildman–Crippen MR) is 113 cm³/mol. The van der Waals surface area contributed by atoms with E-state index in [9.17, 15) is 18.0 Å². The number of carbonyl (C=O) groups is 1. The van der Waals surface area contributed by atoms with Crippen molar-refractivity contribution in [3.05, 3.63) is 71.3 Å². The van der Waals surface area contributed by atoms with Gasteiger partial charge in [-0.2, -0.15) is 18.2 Å². The summed E-state index contributed by atoms with van der Waals surface area (Å²) >= 11 is 0. The van der Waals surface area contributed by atoms with Gasteiger partial charge in [0.15, 0.2) is 0 Å². The van der Waals surface area contributed by atoms with Gasteiger partial charge in [0.2, 0.25) is 0 Å². The molecule has 0 spiro atoms. The molecule has 0 atom stereocenters. The van der Waals surface area contributed by atoms with Gasteiger partial charge >= 0.3 is 12.2 Å². The highest BCUT2D eigenvalue weighted by molar-refractivity contribution is 6.05. The van der Waals surface area contributed by atoms with E-state index in [1.807, 2.05) is 32.9 Å². The van der Waals surface area contributed by atoms with E-state index in [2.05, 4.69) is 16.9 Å². The maximum absolute atomic E-state index is 12.7. The molecule has 1 N–H and O–H groups in total. The van der Waals surface area contributed by atoms with E-state index in [1.165, 1.54) is 12.1 Å². The second-order valence-corrected chi connectivity index (χ2v) is 7.33. The molecule has 0 saturated heterocycles. The van der Waals surface area contributed by atoms with Gasteiger partial charge in [-0.05, 0) is 49.1 Å². The zero-order valence-corrected chi connectivity index (χ0v) is 17.4. The number of hydrogen-bond donors (Lipinski definition) is 1. The SMILES string of the molecule is C=C(NC(=O)N=C(C)c1ccc(C(F)(F)F)cc1)c1c(C)cccc1OCC(C)C. The molecular formula is C23H25F3N2O2. The van der Waals surface area contributed by atoms with Crippen molar-refractivity contribution in [1.82, 2.24) is 5.32 Å². The van der Waals surface area contributed by atoms with Gasteiger partial charge in [0.05, 0.1) is 17.9 Å². The van der Waals surface area contributed by atoms with Crippen LogP contribution in [0.4, 0.5) is 18.0 Å². The molecule has 0 bridgehead atoms. The van der Waals surface area contributed by atoms with Gasteiger partial charge in [-0.1, -0.05) is 44.7 Å². The van der Waals surface area contributed by atoms with Crippen LogP contribution in [0.15, 0.2) is 54.0 Å². The Morgan fingerprint density at radius 3 is 2.37 bits per heavy atom. The van der Waals surface area contributed by atoms with Crippen molar-refractivity contribution in [1.29, 1.82) is 0 Å². The van der Waals surface area contributed by atoms with Crippen LogP contribution in [-0.4, -0.2) is 18.3 Å². The number of ether oxygens (including phenoxy) is 1. The van der Waals surface area contributed by atoms with Crippen molar-refractivity contribution in [3.63, 3.8) is 0 Å². The number of aliphatic imine (C=N–C) groups is 1. The summed E-state index contributed by atoms with van der Waals surface area (Å²) in [5, 5.41) is 2.62. The molecule has 0 unspecified atom stereocenters. The summed E-state index contributed by atoms with van der Waals surface area (Å²) in [4.78, 5) is 16.3. The molecule has 2 aromatic rings. The van der Waals surface area contributed by atoms with Crippen LogP contribution in [0.25, 0.3) is 5.70 Å². The molecule has 0 aliphatic carbocycles. The van der Waals surface area contributed by atoms with E-state index >= 15 is 0 Å². The van der Waals surface area contributed by atoms with Crippen molar-refractivity contribution >= 4 is 17.4 Å². The summed E-state index contributed by atoms with van der Waals surface area (Å²) in [6.45, 7) is 11.9. The van der Waals surface area contributed by atoms with Crippen LogP contribution in [0.3, 0.4) is 0 Å². The molecule has 7 heteroatoms. The normalized spacial score (nSPS) is 12.1. The van der Waals surface area contributed by atoms with Crippen molar-refractivity contribution in [2.45, 2.75) is 33.9 Å². The van der Waals surface area contributed by atoms with Crippen LogP contribution in [0.5, 0.6) is 5.75 Å². The Hall–Kier alpha value is -3.09.